The van der Waals surface area contributed by atoms with Crippen LogP contribution in [-0.4, -0.2) is 12.3 Å². The first kappa shape index (κ1) is 48.9. The molecule has 0 saturated heterocycles. The summed E-state index contributed by atoms with van der Waals surface area (Å²) in [5.74, 6) is 0. The second kappa shape index (κ2) is 16.3. The van der Waals surface area contributed by atoms with E-state index >= 15 is 0 Å². The lowest BCUT2D eigenvalue weighted by molar-refractivity contribution is 0.195. The summed E-state index contributed by atoms with van der Waals surface area (Å²) in [6.45, 7) is 36.2. The quantitative estimate of drug-likeness (QED) is 0.163. The van der Waals surface area contributed by atoms with Crippen molar-refractivity contribution in [2.75, 3.05) is 14.7 Å². The van der Waals surface area contributed by atoms with Crippen molar-refractivity contribution in [1.29, 1.82) is 0 Å². The molecule has 12 rings (SSSR count). The Hall–Kier alpha value is -6.00. The van der Waals surface area contributed by atoms with E-state index < -0.39 is 0 Å². The zero-order valence-electron chi connectivity index (χ0n) is 47.4. The van der Waals surface area contributed by atoms with E-state index in [0.717, 1.165) is 12.8 Å². The summed E-state index contributed by atoms with van der Waals surface area (Å²) in [5, 5.41) is 0. The van der Waals surface area contributed by atoms with Gasteiger partial charge in [-0.3, -0.25) is 0 Å². The first-order valence-electron chi connectivity index (χ1n) is 28.1. The fourth-order valence-electron chi connectivity index (χ4n) is 14.4. The van der Waals surface area contributed by atoms with Gasteiger partial charge in [0.2, 0.25) is 0 Å². The van der Waals surface area contributed by atoms with Gasteiger partial charge in [-0.2, -0.15) is 0 Å². The maximum Gasteiger partial charge on any atom is 0.252 e. The number of hydrogen-bond acceptors (Lipinski definition) is 3. The van der Waals surface area contributed by atoms with Crippen molar-refractivity contribution < 1.29 is 0 Å². The Morgan fingerprint density at radius 2 is 0.892 bits per heavy atom. The predicted molar refractivity (Wildman–Crippen MR) is 320 cm³/mol. The van der Waals surface area contributed by atoms with Crippen LogP contribution in [0.3, 0.4) is 0 Å². The zero-order valence-corrected chi connectivity index (χ0v) is 47.4. The number of para-hydroxylation sites is 1. The lowest BCUT2D eigenvalue weighted by Gasteiger charge is -2.51. The molecule has 1 fully saturated rings. The van der Waals surface area contributed by atoms with Gasteiger partial charge in [0.25, 0.3) is 6.71 Å². The molecular weight excluding hydrogens is 894 g/mol. The summed E-state index contributed by atoms with van der Waals surface area (Å²) in [6, 6.07) is 55.8. The topological polar surface area (TPSA) is 9.72 Å². The number of hydrogen-bond donors (Lipinski definition) is 0. The normalized spacial score (nSPS) is 21.3. The molecule has 2 atom stereocenters. The van der Waals surface area contributed by atoms with Crippen molar-refractivity contribution in [1.82, 2.24) is 0 Å². The highest BCUT2D eigenvalue weighted by atomic mass is 15.3. The van der Waals surface area contributed by atoms with Crippen LogP contribution in [0.25, 0.3) is 11.1 Å². The largest absolute Gasteiger partial charge is 0.334 e. The van der Waals surface area contributed by atoms with E-state index in [0.29, 0.717) is 0 Å². The van der Waals surface area contributed by atoms with Crippen LogP contribution in [0.2, 0.25) is 0 Å². The molecule has 0 radical (unpaired) electrons. The summed E-state index contributed by atoms with van der Waals surface area (Å²) in [5.41, 5.74) is 25.5. The summed E-state index contributed by atoms with van der Waals surface area (Å²) >= 11 is 0. The summed E-state index contributed by atoms with van der Waals surface area (Å²) < 4.78 is 0. The molecule has 2 unspecified atom stereocenters. The minimum absolute atomic E-state index is 0.0196. The smallest absolute Gasteiger partial charge is 0.252 e. The van der Waals surface area contributed by atoms with Crippen molar-refractivity contribution in [2.24, 2.45) is 0 Å². The highest BCUT2D eigenvalue weighted by Gasteiger charge is 2.58. The highest BCUT2D eigenvalue weighted by Crippen LogP contribution is 2.62. The number of fused-ring (bicyclic) bond motifs is 8. The Balaban J connectivity index is 1.17. The van der Waals surface area contributed by atoms with Crippen molar-refractivity contribution in [3.8, 4) is 11.1 Å². The van der Waals surface area contributed by atoms with Crippen molar-refractivity contribution in [3.05, 3.63) is 173 Å². The third-order valence-electron chi connectivity index (χ3n) is 19.3. The lowest BCUT2D eigenvalue weighted by Crippen LogP contribution is -2.62. The van der Waals surface area contributed by atoms with E-state index in [1.54, 1.807) is 0 Å². The number of rotatable bonds is 4. The molecule has 3 heterocycles. The van der Waals surface area contributed by atoms with E-state index in [-0.39, 0.29) is 44.7 Å². The van der Waals surface area contributed by atoms with Crippen LogP contribution in [0, 0.1) is 0 Å². The van der Waals surface area contributed by atoms with E-state index in [4.69, 9.17) is 0 Å². The van der Waals surface area contributed by atoms with Gasteiger partial charge in [-0.05, 0) is 181 Å². The molecule has 2 aliphatic carbocycles. The first-order chi connectivity index (χ1) is 34.8. The molecular formula is C70H80BN3. The van der Waals surface area contributed by atoms with Crippen LogP contribution in [0.1, 0.15) is 176 Å². The minimum Gasteiger partial charge on any atom is -0.334 e. The number of benzene rings is 7. The second-order valence-corrected chi connectivity index (χ2v) is 28.1. The molecule has 4 heteroatoms. The number of anilines is 8. The summed E-state index contributed by atoms with van der Waals surface area (Å²) in [4.78, 5) is 8.15. The molecule has 5 aliphatic rings. The maximum absolute atomic E-state index is 2.83. The molecule has 7 aromatic carbocycles. The van der Waals surface area contributed by atoms with Crippen LogP contribution in [0.4, 0.5) is 45.5 Å². The SMILES string of the molecule is CC(C)(C)c1ccc(-c2ccc3c(c2)C2(C)CCCCC2(C)N3c2cc3c4c(c2)N(c2ccccc2)c2cc5c(cc2B4c2cc(C(C)(C)C)ccc2N3c2ccc(C(C)(C)C)cc2)C(C)(C)CCC5(C)C)cc1. The average molecular weight is 974 g/mol. The highest BCUT2D eigenvalue weighted by molar-refractivity contribution is 7.00. The van der Waals surface area contributed by atoms with E-state index in [1.165, 1.54) is 132 Å². The van der Waals surface area contributed by atoms with Gasteiger partial charge in [0.15, 0.2) is 0 Å². The molecule has 3 nitrogen and oxygen atoms in total. The van der Waals surface area contributed by atoms with Gasteiger partial charge in [-0.1, -0.05) is 189 Å². The fourth-order valence-corrected chi connectivity index (χ4v) is 14.4. The third kappa shape index (κ3) is 7.33. The molecule has 74 heavy (non-hydrogen) atoms. The minimum atomic E-state index is -0.158. The van der Waals surface area contributed by atoms with Crippen LogP contribution >= 0.6 is 0 Å². The fraction of sp³-hybridized carbons (Fsp3) is 0.400. The van der Waals surface area contributed by atoms with Crippen LogP contribution in [-0.2, 0) is 32.5 Å². The van der Waals surface area contributed by atoms with Crippen molar-refractivity contribution in [2.45, 2.75) is 180 Å². The van der Waals surface area contributed by atoms with Crippen molar-refractivity contribution in [3.63, 3.8) is 0 Å². The molecule has 0 spiro atoms. The summed E-state index contributed by atoms with van der Waals surface area (Å²) in [6.07, 6.45) is 7.09. The van der Waals surface area contributed by atoms with Gasteiger partial charge in [-0.25, -0.2) is 0 Å². The molecule has 1 saturated carbocycles. The zero-order chi connectivity index (χ0) is 52.3. The van der Waals surface area contributed by atoms with E-state index in [1.807, 2.05) is 0 Å². The molecule has 3 aliphatic heterocycles. The second-order valence-electron chi connectivity index (χ2n) is 28.1. The van der Waals surface area contributed by atoms with E-state index in [2.05, 4.69) is 258 Å². The van der Waals surface area contributed by atoms with Gasteiger partial charge in [0.1, 0.15) is 0 Å². The standard InChI is InChI=1S/C70H80BN3/c1-64(2,3)47-26-23-45(24-27-47)46-25-33-58-55(39-46)69(14)35-19-20-36-70(69,15)74(58)52-41-61-63-62(42-52)73(50-21-17-16-18-22-50)60-44-54-53(67(10,11)37-38-68(54,12)13)43-57(60)71(63)56-40-49(66(7,8)9)30-34-59(56)72(61)51-31-28-48(29-32-51)65(4,5)6/h16-18,21-34,39-44H,19-20,35-38H2,1-15H3. The molecule has 0 aromatic heterocycles. The monoisotopic (exact) mass is 974 g/mol. The molecule has 0 amide bonds. The van der Waals surface area contributed by atoms with Gasteiger partial charge >= 0.3 is 0 Å². The average Bonchev–Trinajstić information content (AvgIpc) is 3.56. The Kier molecular flexibility index (Phi) is 10.7. The first-order valence-corrected chi connectivity index (χ1v) is 28.1. The molecule has 0 bridgehead atoms. The molecule has 378 valence electrons. The molecule has 7 aromatic rings. The van der Waals surface area contributed by atoms with Gasteiger partial charge in [0, 0.05) is 50.9 Å². The van der Waals surface area contributed by atoms with Gasteiger partial charge in [0.05, 0.1) is 5.54 Å². The molecule has 0 N–H and O–H groups in total. The van der Waals surface area contributed by atoms with Crippen molar-refractivity contribution >= 4 is 68.6 Å². The van der Waals surface area contributed by atoms with Gasteiger partial charge < -0.3 is 14.7 Å². The Morgan fingerprint density at radius 1 is 0.392 bits per heavy atom. The summed E-state index contributed by atoms with van der Waals surface area (Å²) in [7, 11) is 0. The van der Waals surface area contributed by atoms with Gasteiger partial charge in [-0.15, -0.1) is 0 Å². The van der Waals surface area contributed by atoms with Crippen LogP contribution in [0.5, 0.6) is 0 Å². The Morgan fingerprint density at radius 3 is 1.50 bits per heavy atom. The van der Waals surface area contributed by atoms with Crippen LogP contribution in [0.15, 0.2) is 140 Å². The third-order valence-corrected chi connectivity index (χ3v) is 19.3. The number of nitrogens with zero attached hydrogens (tertiary/aromatic N) is 3. The lowest BCUT2D eigenvalue weighted by atomic mass is 9.33. The predicted octanol–water partition coefficient (Wildman–Crippen LogP) is 17.4. The van der Waals surface area contributed by atoms with E-state index in [9.17, 15) is 0 Å². The Labute approximate surface area is 445 Å². The Bertz CT molecular complexity index is 3380. The maximum atomic E-state index is 2.83. The van der Waals surface area contributed by atoms with Crippen LogP contribution < -0.4 is 31.1 Å².